The number of carbonyl (C=O) groups is 15. The van der Waals surface area contributed by atoms with Gasteiger partial charge in [-0.25, -0.2) is 4.79 Å². The van der Waals surface area contributed by atoms with Crippen LogP contribution in [0.4, 0.5) is 0 Å². The highest BCUT2D eigenvalue weighted by molar-refractivity contribution is 7.98. The van der Waals surface area contributed by atoms with Crippen molar-refractivity contribution in [3.05, 3.63) is 71.8 Å². The van der Waals surface area contributed by atoms with Gasteiger partial charge in [0, 0.05) is 38.8 Å². The molecule has 0 unspecified atom stereocenters. The van der Waals surface area contributed by atoms with E-state index in [9.17, 15) is 92.3 Å². The Balaban J connectivity index is 1.54. The molecular weight excluding hydrogens is 1260 g/mol. The zero-order chi connectivity index (χ0) is 70.3. The number of nitrogens with two attached hydrogens (primary N) is 3. The van der Waals surface area contributed by atoms with Crippen molar-refractivity contribution in [2.24, 2.45) is 17.2 Å². The topological polar surface area (TPSA) is 530 Å². The SMILES string of the molecule is CSCC[C@H](NC(=O)[C@@H]1CCCN1C(=O)[C@H](Cc1ccccc1)NC(=O)[C@H](CCC(=O)O)NC(=O)[C@H](CCCCN)NC(=O)[C@H](CO)NC(=O)[C@@H]1CCCN1C(=O)CNC(=O)[C@H](CC(N)=O)NC(=O)[C@H](C)N)C(=O)N[C@@H](Cc1ccccc1)C(=O)N[C@@H](CCC(=O)O)C(=O)O. The molecule has 11 atom stereocenters. The Morgan fingerprint density at radius 2 is 0.979 bits per heavy atom. The normalized spacial score (nSPS) is 17.1. The Morgan fingerprint density at radius 1 is 0.537 bits per heavy atom. The maximum absolute atomic E-state index is 14.9. The zero-order valence-electron chi connectivity index (χ0n) is 52.9. The summed E-state index contributed by atoms with van der Waals surface area (Å²) >= 11 is 1.33. The lowest BCUT2D eigenvalue weighted by atomic mass is 10.0. The van der Waals surface area contributed by atoms with E-state index in [1.165, 1.54) is 23.6 Å². The van der Waals surface area contributed by atoms with Gasteiger partial charge in [0.2, 0.25) is 70.9 Å². The predicted molar refractivity (Wildman–Crippen MR) is 340 cm³/mol. The average Bonchev–Trinajstić information content (AvgIpc) is 1.84. The van der Waals surface area contributed by atoms with Gasteiger partial charge in [0.15, 0.2) is 0 Å². The Labute approximate surface area is 552 Å². The number of hydrogen-bond acceptors (Lipinski definition) is 19. The number of thioether (sulfide) groups is 1. The number of primary amides is 1. The van der Waals surface area contributed by atoms with Gasteiger partial charge >= 0.3 is 17.9 Å². The Morgan fingerprint density at radius 3 is 1.48 bits per heavy atom. The van der Waals surface area contributed by atoms with Gasteiger partial charge in [0.1, 0.15) is 60.4 Å². The number of hydrogen-bond donors (Lipinski definition) is 16. The third kappa shape index (κ3) is 26.2. The molecule has 2 aromatic carbocycles. The van der Waals surface area contributed by atoms with E-state index in [2.05, 4.69) is 47.9 Å². The first-order chi connectivity index (χ1) is 45.2. The molecule has 522 valence electrons. The summed E-state index contributed by atoms with van der Waals surface area (Å²) in [7, 11) is 0. The average molecular weight is 1350 g/mol. The number of likely N-dealkylation sites (tertiary alicyclic amines) is 2. The first-order valence-corrected chi connectivity index (χ1v) is 32.5. The van der Waals surface area contributed by atoms with Crippen molar-refractivity contribution >= 4 is 101 Å². The molecule has 2 heterocycles. The number of benzene rings is 2. The predicted octanol–water partition coefficient (Wildman–Crippen LogP) is -4.64. The fourth-order valence-electron chi connectivity index (χ4n) is 10.5. The fourth-order valence-corrected chi connectivity index (χ4v) is 10.9. The fraction of sp³-hybridized carbons (Fsp3) is 0.557. The number of carboxylic acids is 3. The molecule has 12 amide bonds. The lowest BCUT2D eigenvalue weighted by molar-refractivity contribution is -0.144. The van der Waals surface area contributed by atoms with Gasteiger partial charge in [-0.3, -0.25) is 67.1 Å². The van der Waals surface area contributed by atoms with Crippen LogP contribution in [0.5, 0.6) is 0 Å². The van der Waals surface area contributed by atoms with Crippen LogP contribution in [-0.4, -0.2) is 230 Å². The van der Waals surface area contributed by atoms with Crippen molar-refractivity contribution < 1.29 is 92.3 Å². The van der Waals surface area contributed by atoms with Crippen LogP contribution in [0.25, 0.3) is 0 Å². The Kier molecular flexibility index (Phi) is 33.0. The van der Waals surface area contributed by atoms with Crippen LogP contribution in [0.15, 0.2) is 60.7 Å². The minimum atomic E-state index is -1.74. The second kappa shape index (κ2) is 40.1. The maximum Gasteiger partial charge on any atom is 0.326 e. The molecule has 0 spiro atoms. The third-order valence-corrected chi connectivity index (χ3v) is 16.2. The van der Waals surface area contributed by atoms with Gasteiger partial charge in [0.25, 0.3) is 0 Å². The summed E-state index contributed by atoms with van der Waals surface area (Å²) in [6.07, 6.45) is -0.346. The molecule has 2 aliphatic heterocycles. The molecule has 2 aromatic rings. The smallest absolute Gasteiger partial charge is 0.326 e. The van der Waals surface area contributed by atoms with Crippen molar-refractivity contribution in [1.29, 1.82) is 0 Å². The Hall–Kier alpha value is -9.28. The van der Waals surface area contributed by atoms with Crippen LogP contribution in [0, 0.1) is 0 Å². The van der Waals surface area contributed by atoms with E-state index in [0.717, 1.165) is 4.90 Å². The number of nitrogens with zero attached hydrogens (tertiary/aromatic N) is 2. The third-order valence-electron chi connectivity index (χ3n) is 15.6. The van der Waals surface area contributed by atoms with E-state index in [1.807, 2.05) is 0 Å². The molecule has 33 nitrogen and oxygen atoms in total. The van der Waals surface area contributed by atoms with Crippen LogP contribution < -0.4 is 65.1 Å². The molecule has 0 bridgehead atoms. The van der Waals surface area contributed by atoms with Crippen LogP contribution in [0.2, 0.25) is 0 Å². The molecule has 2 aliphatic rings. The highest BCUT2D eigenvalue weighted by atomic mass is 32.2. The molecular formula is C61H88N14O19S. The van der Waals surface area contributed by atoms with Crippen molar-refractivity contribution in [1.82, 2.24) is 57.7 Å². The quantitative estimate of drug-likeness (QED) is 0.0278. The van der Waals surface area contributed by atoms with E-state index in [0.29, 0.717) is 29.7 Å². The van der Waals surface area contributed by atoms with Gasteiger partial charge in [-0.15, -0.1) is 0 Å². The summed E-state index contributed by atoms with van der Waals surface area (Å²) in [6, 6.07) is 0.934. The number of aliphatic hydroxyl groups is 1. The lowest BCUT2D eigenvalue weighted by Gasteiger charge is -2.31. The number of aliphatic hydroxyl groups excluding tert-OH is 1. The van der Waals surface area contributed by atoms with Gasteiger partial charge in [-0.05, 0) is 101 Å². The maximum atomic E-state index is 14.9. The van der Waals surface area contributed by atoms with Gasteiger partial charge in [0.05, 0.1) is 25.6 Å². The number of nitrogens with one attached hydrogen (secondary N) is 9. The molecule has 95 heavy (non-hydrogen) atoms. The first-order valence-electron chi connectivity index (χ1n) is 31.1. The molecule has 34 heteroatoms. The first kappa shape index (κ1) is 78.2. The molecule has 19 N–H and O–H groups in total. The van der Waals surface area contributed by atoms with Gasteiger partial charge in [-0.2, -0.15) is 11.8 Å². The van der Waals surface area contributed by atoms with Crippen LogP contribution in [0.3, 0.4) is 0 Å². The molecule has 4 rings (SSSR count). The van der Waals surface area contributed by atoms with Crippen LogP contribution >= 0.6 is 11.8 Å². The summed E-state index contributed by atoms with van der Waals surface area (Å²) in [5, 5.41) is 61.4. The number of aliphatic carboxylic acids is 3. The highest BCUT2D eigenvalue weighted by Crippen LogP contribution is 2.22. The lowest BCUT2D eigenvalue weighted by Crippen LogP contribution is -2.61. The number of carbonyl (C=O) groups excluding carboxylic acids is 12. The number of carboxylic acid groups (broad SMARTS) is 3. The highest BCUT2D eigenvalue weighted by Gasteiger charge is 2.42. The van der Waals surface area contributed by atoms with E-state index in [4.69, 9.17) is 17.2 Å². The molecule has 2 saturated heterocycles. The van der Waals surface area contributed by atoms with E-state index >= 15 is 0 Å². The number of unbranched alkanes of at least 4 members (excludes halogenated alkanes) is 1. The molecule has 0 aliphatic carbocycles. The summed E-state index contributed by atoms with van der Waals surface area (Å²) in [6.45, 7) is -0.226. The monoisotopic (exact) mass is 1350 g/mol. The summed E-state index contributed by atoms with van der Waals surface area (Å²) in [5.41, 5.74) is 17.6. The minimum absolute atomic E-state index is 0.0130. The van der Waals surface area contributed by atoms with Crippen molar-refractivity contribution in [2.45, 2.75) is 170 Å². The zero-order valence-corrected chi connectivity index (χ0v) is 53.7. The number of rotatable bonds is 41. The van der Waals surface area contributed by atoms with Crippen LogP contribution in [0.1, 0.15) is 102 Å². The second-order valence-corrected chi connectivity index (χ2v) is 23.9. The van der Waals surface area contributed by atoms with E-state index < -0.39 is 201 Å². The van der Waals surface area contributed by atoms with Crippen LogP contribution in [-0.2, 0) is 84.8 Å². The van der Waals surface area contributed by atoms with Crippen molar-refractivity contribution in [2.75, 3.05) is 44.8 Å². The Bertz CT molecular complexity index is 3020. The summed E-state index contributed by atoms with van der Waals surface area (Å²) < 4.78 is 0. The standard InChI is InChI=1S/C61H88N14O19S/c1-34(63)51(83)70-42(31-47(64)77)52(84)65-32-48(78)74-26-11-18-45(74)58(90)73-44(33-76)57(89)66-37(17-9-10-25-62)53(85)67-38(20-22-49(79)80)54(86)72-43(30-36-15-7-4-8-16-36)60(92)75-27-12-19-46(75)59(91)68-39(24-28-95-2)55(87)71-41(29-35-13-5-3-6-14-35)56(88)69-40(61(93)94)21-23-50(81)82/h3-8,13-16,34,37-46,76H,9-12,17-33,62-63H2,1-2H3,(H2,64,77)(H,65,84)(H,66,89)(H,67,85)(H,68,91)(H,69,88)(H,70,83)(H,71,87)(H,72,86)(H,73,90)(H,79,80)(H,81,82)(H,93,94)/t34-,37-,38-,39-,40-,41-,42-,43-,44-,45-,46-/m0/s1. The van der Waals surface area contributed by atoms with Gasteiger partial charge < -0.3 is 95.3 Å². The summed E-state index contributed by atoms with van der Waals surface area (Å²) in [4.78, 5) is 202. The van der Waals surface area contributed by atoms with E-state index in [-0.39, 0.29) is 71.0 Å². The number of amides is 12. The minimum Gasteiger partial charge on any atom is -0.481 e. The molecule has 0 radical (unpaired) electrons. The largest absolute Gasteiger partial charge is 0.481 e. The molecule has 0 aromatic heterocycles. The second-order valence-electron chi connectivity index (χ2n) is 22.9. The molecule has 2 fully saturated rings. The summed E-state index contributed by atoms with van der Waals surface area (Å²) in [5.74, 6) is -14.7. The van der Waals surface area contributed by atoms with Gasteiger partial charge in [-0.1, -0.05) is 60.7 Å². The molecule has 0 saturated carbocycles. The van der Waals surface area contributed by atoms with Crippen molar-refractivity contribution in [3.63, 3.8) is 0 Å². The van der Waals surface area contributed by atoms with E-state index in [1.54, 1.807) is 66.9 Å². The van der Waals surface area contributed by atoms with Crippen molar-refractivity contribution in [3.8, 4) is 0 Å².